The van der Waals surface area contributed by atoms with Crippen LogP contribution in [0.2, 0.25) is 5.02 Å². The second-order valence-electron chi connectivity index (χ2n) is 7.33. The number of benzene rings is 3. The lowest BCUT2D eigenvalue weighted by molar-refractivity contribution is -0.152. The summed E-state index contributed by atoms with van der Waals surface area (Å²) in [6.07, 6.45) is -0.832. The van der Waals surface area contributed by atoms with E-state index in [-0.39, 0.29) is 24.0 Å². The van der Waals surface area contributed by atoms with Crippen LogP contribution in [0.3, 0.4) is 0 Å². The second kappa shape index (κ2) is 9.79. The zero-order chi connectivity index (χ0) is 22.4. The average Bonchev–Trinajstić information content (AvgIpc) is 2.77. The van der Waals surface area contributed by atoms with Gasteiger partial charge < -0.3 is 5.11 Å². The van der Waals surface area contributed by atoms with Crippen molar-refractivity contribution in [2.75, 3.05) is 0 Å². The molecule has 7 heteroatoms. The SMILES string of the molecule is O=NC(CC(F)(CCc1ccccc1)C(=O)O)c1ccc(-c2ccc(Cl)cc2)c(F)c1. The van der Waals surface area contributed by atoms with Gasteiger partial charge in [-0.15, -0.1) is 0 Å². The molecule has 160 valence electrons. The molecule has 0 spiro atoms. The quantitative estimate of drug-likeness (QED) is 0.371. The van der Waals surface area contributed by atoms with Gasteiger partial charge in [0.1, 0.15) is 11.9 Å². The highest BCUT2D eigenvalue weighted by Gasteiger charge is 2.41. The van der Waals surface area contributed by atoms with Gasteiger partial charge in [-0.3, -0.25) is 0 Å². The predicted octanol–water partition coefficient (Wildman–Crippen LogP) is 6.77. The molecule has 3 aromatic carbocycles. The molecule has 0 aromatic heterocycles. The summed E-state index contributed by atoms with van der Waals surface area (Å²) >= 11 is 5.85. The molecule has 0 aliphatic heterocycles. The maximum atomic E-state index is 15.3. The number of rotatable bonds is 9. The Labute approximate surface area is 183 Å². The fourth-order valence-corrected chi connectivity index (χ4v) is 3.53. The number of nitrogens with zero attached hydrogens (tertiary/aromatic N) is 1. The van der Waals surface area contributed by atoms with Crippen molar-refractivity contribution in [1.29, 1.82) is 0 Å². The Morgan fingerprint density at radius 3 is 2.32 bits per heavy atom. The molecule has 0 heterocycles. The van der Waals surface area contributed by atoms with Crippen LogP contribution in [-0.2, 0) is 11.2 Å². The second-order valence-corrected chi connectivity index (χ2v) is 7.76. The van der Waals surface area contributed by atoms with E-state index in [1.165, 1.54) is 12.1 Å². The number of carboxylic acids is 1. The largest absolute Gasteiger partial charge is 0.479 e. The van der Waals surface area contributed by atoms with Crippen molar-refractivity contribution in [3.8, 4) is 11.1 Å². The van der Waals surface area contributed by atoms with Crippen LogP contribution >= 0.6 is 11.6 Å². The molecule has 3 rings (SSSR count). The third kappa shape index (κ3) is 5.52. The molecular formula is C24H20ClF2NO3. The lowest BCUT2D eigenvalue weighted by atomic mass is 9.87. The van der Waals surface area contributed by atoms with Crippen LogP contribution in [0.15, 0.2) is 78.0 Å². The topological polar surface area (TPSA) is 66.7 Å². The summed E-state index contributed by atoms with van der Waals surface area (Å²) in [5.41, 5.74) is -0.927. The van der Waals surface area contributed by atoms with E-state index in [4.69, 9.17) is 11.6 Å². The standard InChI is InChI=1S/C24H20ClF2NO3/c25-19-9-6-17(7-10-19)20-11-8-18(14-21(20)26)22(28-31)15-24(27,23(29)30)13-12-16-4-2-1-3-5-16/h1-11,14,22H,12-13,15H2,(H,29,30). The highest BCUT2D eigenvalue weighted by molar-refractivity contribution is 6.30. The van der Waals surface area contributed by atoms with Crippen molar-refractivity contribution in [2.45, 2.75) is 31.0 Å². The van der Waals surface area contributed by atoms with Crippen LogP contribution in [0.4, 0.5) is 8.78 Å². The van der Waals surface area contributed by atoms with Crippen molar-refractivity contribution >= 4 is 17.6 Å². The van der Waals surface area contributed by atoms with Gasteiger partial charge in [-0.1, -0.05) is 71.4 Å². The monoisotopic (exact) mass is 443 g/mol. The van der Waals surface area contributed by atoms with Gasteiger partial charge in [-0.05, 0) is 47.7 Å². The van der Waals surface area contributed by atoms with Gasteiger partial charge in [0.15, 0.2) is 0 Å². The lowest BCUT2D eigenvalue weighted by Gasteiger charge is -2.23. The third-order valence-electron chi connectivity index (χ3n) is 5.21. The molecule has 0 aliphatic carbocycles. The summed E-state index contributed by atoms with van der Waals surface area (Å²) in [5.74, 6) is -2.30. The molecule has 0 saturated carbocycles. The number of nitroso groups, excluding NO2 is 1. The fourth-order valence-electron chi connectivity index (χ4n) is 3.41. The molecule has 0 radical (unpaired) electrons. The highest BCUT2D eigenvalue weighted by atomic mass is 35.5. The van der Waals surface area contributed by atoms with Crippen molar-refractivity contribution in [3.63, 3.8) is 0 Å². The lowest BCUT2D eigenvalue weighted by Crippen LogP contribution is -2.36. The van der Waals surface area contributed by atoms with E-state index in [0.29, 0.717) is 10.6 Å². The van der Waals surface area contributed by atoms with E-state index in [1.807, 2.05) is 0 Å². The van der Waals surface area contributed by atoms with Crippen LogP contribution < -0.4 is 0 Å². The van der Waals surface area contributed by atoms with E-state index < -0.39 is 29.9 Å². The van der Waals surface area contributed by atoms with E-state index in [9.17, 15) is 19.2 Å². The summed E-state index contributed by atoms with van der Waals surface area (Å²) in [5, 5.41) is 12.9. The Morgan fingerprint density at radius 1 is 1.06 bits per heavy atom. The minimum absolute atomic E-state index is 0.119. The van der Waals surface area contributed by atoms with Crippen LogP contribution in [0, 0.1) is 10.7 Å². The Bertz CT molecular complexity index is 1060. The zero-order valence-electron chi connectivity index (χ0n) is 16.5. The zero-order valence-corrected chi connectivity index (χ0v) is 17.2. The van der Waals surface area contributed by atoms with Crippen molar-refractivity contribution in [1.82, 2.24) is 0 Å². The van der Waals surface area contributed by atoms with Gasteiger partial charge >= 0.3 is 5.97 Å². The molecule has 0 fully saturated rings. The van der Waals surface area contributed by atoms with Gasteiger partial charge in [0.25, 0.3) is 0 Å². The minimum atomic E-state index is -2.68. The molecular weight excluding hydrogens is 424 g/mol. The molecule has 2 unspecified atom stereocenters. The summed E-state index contributed by atoms with van der Waals surface area (Å²) in [6, 6.07) is 18.1. The van der Waals surface area contributed by atoms with Crippen LogP contribution in [0.1, 0.15) is 30.0 Å². The van der Waals surface area contributed by atoms with E-state index in [1.54, 1.807) is 54.6 Å². The third-order valence-corrected chi connectivity index (χ3v) is 5.47. The smallest absolute Gasteiger partial charge is 0.341 e. The van der Waals surface area contributed by atoms with E-state index >= 15 is 4.39 Å². The summed E-state index contributed by atoms with van der Waals surface area (Å²) in [6.45, 7) is 0. The molecule has 1 N–H and O–H groups in total. The Hall–Kier alpha value is -3.12. The summed E-state index contributed by atoms with van der Waals surface area (Å²) in [7, 11) is 0. The van der Waals surface area contributed by atoms with Gasteiger partial charge in [-0.2, -0.15) is 4.91 Å². The van der Waals surface area contributed by atoms with Crippen LogP contribution in [0.5, 0.6) is 0 Å². The number of hydrogen-bond donors (Lipinski definition) is 1. The molecule has 0 bridgehead atoms. The van der Waals surface area contributed by atoms with Gasteiger partial charge in [-0.25, -0.2) is 13.6 Å². The molecule has 0 aliphatic rings. The molecule has 3 aromatic rings. The van der Waals surface area contributed by atoms with E-state index in [0.717, 1.165) is 11.6 Å². The van der Waals surface area contributed by atoms with Crippen molar-refractivity contribution in [3.05, 3.63) is 99.7 Å². The van der Waals surface area contributed by atoms with Gasteiger partial charge in [0.05, 0.1) is 0 Å². The Balaban J connectivity index is 1.81. The normalized spacial score (nSPS) is 13.9. The molecule has 4 nitrogen and oxygen atoms in total. The minimum Gasteiger partial charge on any atom is -0.479 e. The maximum absolute atomic E-state index is 15.3. The van der Waals surface area contributed by atoms with Crippen LogP contribution in [-0.4, -0.2) is 16.7 Å². The Morgan fingerprint density at radius 2 is 1.74 bits per heavy atom. The first kappa shape index (κ1) is 22.6. The predicted molar refractivity (Wildman–Crippen MR) is 116 cm³/mol. The first-order valence-electron chi connectivity index (χ1n) is 9.66. The number of halogens is 3. The molecule has 0 amide bonds. The number of aliphatic carboxylic acids is 1. The number of aryl methyl sites for hydroxylation is 1. The number of alkyl halides is 1. The Kier molecular flexibility index (Phi) is 7.13. The van der Waals surface area contributed by atoms with Gasteiger partial charge in [0.2, 0.25) is 5.67 Å². The average molecular weight is 444 g/mol. The van der Waals surface area contributed by atoms with Gasteiger partial charge in [0, 0.05) is 17.0 Å². The number of carboxylic acid groups (broad SMARTS) is 1. The van der Waals surface area contributed by atoms with Crippen molar-refractivity contribution < 1.29 is 18.7 Å². The fraction of sp³-hybridized carbons (Fsp3) is 0.208. The first-order valence-corrected chi connectivity index (χ1v) is 10.0. The summed E-state index contributed by atoms with van der Waals surface area (Å²) < 4.78 is 30.0. The van der Waals surface area contributed by atoms with Crippen LogP contribution in [0.25, 0.3) is 11.1 Å². The number of hydrogen-bond acceptors (Lipinski definition) is 3. The highest BCUT2D eigenvalue weighted by Crippen LogP contribution is 2.35. The summed E-state index contributed by atoms with van der Waals surface area (Å²) in [4.78, 5) is 23.1. The molecule has 31 heavy (non-hydrogen) atoms. The molecule has 0 saturated heterocycles. The first-order chi connectivity index (χ1) is 14.8. The number of carbonyl (C=O) groups is 1. The van der Waals surface area contributed by atoms with Crippen molar-refractivity contribution in [2.24, 2.45) is 5.18 Å². The maximum Gasteiger partial charge on any atom is 0.341 e. The van der Waals surface area contributed by atoms with E-state index in [2.05, 4.69) is 5.18 Å². The molecule has 2 atom stereocenters.